The molecule has 1 unspecified atom stereocenters. The standard InChI is InChI=1S/C14H20F3NO/c1-9-5-6-11(13(19-4)10(9)2)12(18-3)7-8-14(15,16)17/h5-6,12,18H,7-8H2,1-4H3. The normalized spacial score (nSPS) is 13.4. The van der Waals surface area contributed by atoms with Gasteiger partial charge in [0.15, 0.2) is 0 Å². The van der Waals surface area contributed by atoms with Gasteiger partial charge < -0.3 is 10.1 Å². The minimum absolute atomic E-state index is 0.00113. The molecule has 1 atom stereocenters. The van der Waals surface area contributed by atoms with E-state index in [0.29, 0.717) is 5.75 Å². The summed E-state index contributed by atoms with van der Waals surface area (Å²) in [6, 6.07) is 3.37. The van der Waals surface area contributed by atoms with Crippen molar-refractivity contribution in [1.29, 1.82) is 0 Å². The van der Waals surface area contributed by atoms with Gasteiger partial charge in [0.25, 0.3) is 0 Å². The van der Waals surface area contributed by atoms with E-state index in [4.69, 9.17) is 4.74 Å². The van der Waals surface area contributed by atoms with Crippen LogP contribution in [0, 0.1) is 13.8 Å². The van der Waals surface area contributed by atoms with Crippen molar-refractivity contribution >= 4 is 0 Å². The van der Waals surface area contributed by atoms with Crippen LogP contribution in [0.1, 0.15) is 35.6 Å². The molecule has 0 amide bonds. The summed E-state index contributed by atoms with van der Waals surface area (Å²) < 4.78 is 42.4. The molecule has 0 heterocycles. The van der Waals surface area contributed by atoms with Gasteiger partial charge in [-0.25, -0.2) is 0 Å². The smallest absolute Gasteiger partial charge is 0.389 e. The van der Waals surface area contributed by atoms with Gasteiger partial charge in [0.05, 0.1) is 7.11 Å². The fourth-order valence-corrected chi connectivity index (χ4v) is 2.12. The average Bonchev–Trinajstić information content (AvgIpc) is 2.33. The lowest BCUT2D eigenvalue weighted by Gasteiger charge is -2.22. The molecule has 0 aliphatic heterocycles. The van der Waals surface area contributed by atoms with Gasteiger partial charge in [0.2, 0.25) is 0 Å². The van der Waals surface area contributed by atoms with E-state index in [1.54, 1.807) is 14.2 Å². The van der Waals surface area contributed by atoms with Crippen molar-refractivity contribution in [3.8, 4) is 5.75 Å². The summed E-state index contributed by atoms with van der Waals surface area (Å²) in [5.74, 6) is 0.668. The molecule has 2 nitrogen and oxygen atoms in total. The van der Waals surface area contributed by atoms with Crippen LogP contribution in [0.5, 0.6) is 5.75 Å². The molecular weight excluding hydrogens is 255 g/mol. The predicted molar refractivity (Wildman–Crippen MR) is 69.6 cm³/mol. The van der Waals surface area contributed by atoms with Gasteiger partial charge in [-0.05, 0) is 38.4 Å². The van der Waals surface area contributed by atoms with E-state index in [1.807, 2.05) is 26.0 Å². The Morgan fingerprint density at radius 3 is 2.37 bits per heavy atom. The van der Waals surface area contributed by atoms with Crippen LogP contribution in [0.2, 0.25) is 0 Å². The maximum Gasteiger partial charge on any atom is 0.389 e. The fourth-order valence-electron chi connectivity index (χ4n) is 2.12. The van der Waals surface area contributed by atoms with Gasteiger partial charge in [-0.2, -0.15) is 13.2 Å². The number of alkyl halides is 3. The van der Waals surface area contributed by atoms with Crippen molar-refractivity contribution in [3.05, 3.63) is 28.8 Å². The maximum absolute atomic E-state index is 12.3. The first-order valence-corrected chi connectivity index (χ1v) is 6.18. The number of hydrogen-bond acceptors (Lipinski definition) is 2. The molecule has 1 aromatic rings. The fraction of sp³-hybridized carbons (Fsp3) is 0.571. The lowest BCUT2D eigenvalue weighted by molar-refractivity contribution is -0.136. The number of rotatable bonds is 5. The van der Waals surface area contributed by atoms with Gasteiger partial charge in [0.1, 0.15) is 5.75 Å². The second-order valence-corrected chi connectivity index (χ2v) is 4.63. The van der Waals surface area contributed by atoms with Crippen molar-refractivity contribution in [2.24, 2.45) is 0 Å². The Morgan fingerprint density at radius 2 is 1.89 bits per heavy atom. The summed E-state index contributed by atoms with van der Waals surface area (Å²) in [6.07, 6.45) is -4.95. The van der Waals surface area contributed by atoms with Gasteiger partial charge >= 0.3 is 6.18 Å². The molecule has 5 heteroatoms. The lowest BCUT2D eigenvalue weighted by atomic mass is 9.96. The molecule has 0 aliphatic carbocycles. The number of aryl methyl sites for hydroxylation is 1. The highest BCUT2D eigenvalue weighted by atomic mass is 19.4. The molecule has 0 fully saturated rings. The van der Waals surface area contributed by atoms with E-state index in [0.717, 1.165) is 16.7 Å². The minimum Gasteiger partial charge on any atom is -0.496 e. The van der Waals surface area contributed by atoms with Crippen LogP contribution < -0.4 is 10.1 Å². The van der Waals surface area contributed by atoms with Crippen molar-refractivity contribution in [2.45, 2.75) is 38.9 Å². The zero-order chi connectivity index (χ0) is 14.6. The summed E-state index contributed by atoms with van der Waals surface area (Å²) in [5.41, 5.74) is 2.80. The molecule has 19 heavy (non-hydrogen) atoms. The van der Waals surface area contributed by atoms with E-state index in [9.17, 15) is 13.2 Å². The number of benzene rings is 1. The average molecular weight is 275 g/mol. The first-order valence-electron chi connectivity index (χ1n) is 6.18. The summed E-state index contributed by atoms with van der Waals surface area (Å²) in [4.78, 5) is 0. The quantitative estimate of drug-likeness (QED) is 0.879. The molecule has 0 saturated carbocycles. The number of nitrogens with one attached hydrogen (secondary N) is 1. The van der Waals surface area contributed by atoms with Crippen LogP contribution in [-0.4, -0.2) is 20.3 Å². The topological polar surface area (TPSA) is 21.3 Å². The van der Waals surface area contributed by atoms with Crippen molar-refractivity contribution < 1.29 is 17.9 Å². The molecule has 0 bridgehead atoms. The molecule has 0 aliphatic rings. The highest BCUT2D eigenvalue weighted by Gasteiger charge is 2.29. The molecule has 1 N–H and O–H groups in total. The second kappa shape index (κ2) is 6.28. The van der Waals surface area contributed by atoms with Crippen LogP contribution in [0.15, 0.2) is 12.1 Å². The van der Waals surface area contributed by atoms with E-state index >= 15 is 0 Å². The summed E-state index contributed by atoms with van der Waals surface area (Å²) in [5, 5.41) is 2.93. The van der Waals surface area contributed by atoms with Gasteiger partial charge in [-0.1, -0.05) is 12.1 Å². The van der Waals surface area contributed by atoms with Crippen LogP contribution in [0.3, 0.4) is 0 Å². The Hall–Kier alpha value is -1.23. The third-order valence-corrected chi connectivity index (χ3v) is 3.35. The van der Waals surface area contributed by atoms with Crippen LogP contribution >= 0.6 is 0 Å². The summed E-state index contributed by atoms with van der Waals surface area (Å²) in [6.45, 7) is 3.86. The monoisotopic (exact) mass is 275 g/mol. The maximum atomic E-state index is 12.3. The first kappa shape index (κ1) is 15.8. The number of halogens is 3. The summed E-state index contributed by atoms with van der Waals surface area (Å²) in [7, 11) is 3.21. The number of methoxy groups -OCH3 is 1. The van der Waals surface area contributed by atoms with E-state index < -0.39 is 12.6 Å². The molecule has 0 radical (unpaired) electrons. The summed E-state index contributed by atoms with van der Waals surface area (Å²) >= 11 is 0. The SMILES string of the molecule is CNC(CCC(F)(F)F)c1ccc(C)c(C)c1OC. The van der Waals surface area contributed by atoms with Gasteiger partial charge in [0, 0.05) is 18.0 Å². The van der Waals surface area contributed by atoms with E-state index in [-0.39, 0.29) is 12.5 Å². The third-order valence-electron chi connectivity index (χ3n) is 3.35. The Balaban J connectivity index is 3.01. The molecule has 0 aromatic heterocycles. The molecule has 0 saturated heterocycles. The van der Waals surface area contributed by atoms with Crippen LogP contribution in [-0.2, 0) is 0 Å². The largest absolute Gasteiger partial charge is 0.496 e. The predicted octanol–water partition coefficient (Wildman–Crippen LogP) is 3.92. The third kappa shape index (κ3) is 4.13. The van der Waals surface area contributed by atoms with Gasteiger partial charge in [-0.3, -0.25) is 0 Å². The van der Waals surface area contributed by atoms with Crippen molar-refractivity contribution in [3.63, 3.8) is 0 Å². The molecule has 1 aromatic carbocycles. The zero-order valence-electron chi connectivity index (χ0n) is 11.7. The Morgan fingerprint density at radius 1 is 1.26 bits per heavy atom. The second-order valence-electron chi connectivity index (χ2n) is 4.63. The Labute approximate surface area is 112 Å². The van der Waals surface area contributed by atoms with Crippen LogP contribution in [0.4, 0.5) is 13.2 Å². The number of hydrogen-bond donors (Lipinski definition) is 1. The first-order chi connectivity index (χ1) is 8.80. The highest BCUT2D eigenvalue weighted by molar-refractivity contribution is 5.46. The molecule has 108 valence electrons. The zero-order valence-corrected chi connectivity index (χ0v) is 11.7. The highest BCUT2D eigenvalue weighted by Crippen LogP contribution is 2.34. The van der Waals surface area contributed by atoms with Crippen molar-refractivity contribution in [2.75, 3.05) is 14.2 Å². The molecule has 1 rings (SSSR count). The Kier molecular flexibility index (Phi) is 5.23. The van der Waals surface area contributed by atoms with Gasteiger partial charge in [-0.15, -0.1) is 0 Å². The molecule has 0 spiro atoms. The van der Waals surface area contributed by atoms with E-state index in [2.05, 4.69) is 5.32 Å². The molecular formula is C14H20F3NO. The minimum atomic E-state index is -4.14. The number of ether oxygens (including phenoxy) is 1. The van der Waals surface area contributed by atoms with Crippen molar-refractivity contribution in [1.82, 2.24) is 5.32 Å². The van der Waals surface area contributed by atoms with Crippen LogP contribution in [0.25, 0.3) is 0 Å². The Bertz CT molecular complexity index is 429. The lowest BCUT2D eigenvalue weighted by Crippen LogP contribution is -2.20. The van der Waals surface area contributed by atoms with E-state index in [1.165, 1.54) is 0 Å².